The molecule has 0 spiro atoms. The van der Waals surface area contributed by atoms with Gasteiger partial charge in [0.1, 0.15) is 5.75 Å². The van der Waals surface area contributed by atoms with E-state index in [4.69, 9.17) is 0 Å². The molecule has 0 aliphatic rings. The number of carbonyl (C=O) groups is 1. The van der Waals surface area contributed by atoms with E-state index in [1.165, 1.54) is 17.7 Å². The van der Waals surface area contributed by atoms with E-state index < -0.39 is 6.61 Å². The molecule has 0 saturated heterocycles. The number of hydrogen-bond donors (Lipinski definition) is 1. The number of aryl methyl sites for hydroxylation is 3. The Bertz CT molecular complexity index is 684. The first-order valence-electron chi connectivity index (χ1n) is 7.80. The van der Waals surface area contributed by atoms with Gasteiger partial charge in [-0.25, -0.2) is 0 Å². The molecule has 1 N–H and O–H groups in total. The van der Waals surface area contributed by atoms with E-state index >= 15 is 0 Å². The standard InChI is InChI=1S/C19H21F2NO2/c1-13-3-7-16(14(2)11-13)12-22-18(23)10-6-15-4-8-17(9-5-15)24-19(20)21/h3-5,7-9,11,19H,6,10,12H2,1-2H3,(H,22,23). The fourth-order valence-electron chi connectivity index (χ4n) is 2.42. The Labute approximate surface area is 140 Å². The minimum Gasteiger partial charge on any atom is -0.435 e. The Kier molecular flexibility index (Phi) is 6.29. The molecule has 2 aromatic carbocycles. The van der Waals surface area contributed by atoms with Gasteiger partial charge in [-0.2, -0.15) is 8.78 Å². The second kappa shape index (κ2) is 8.43. The summed E-state index contributed by atoms with van der Waals surface area (Å²) in [6, 6.07) is 12.5. The topological polar surface area (TPSA) is 38.3 Å². The average Bonchev–Trinajstić information content (AvgIpc) is 2.53. The van der Waals surface area contributed by atoms with Gasteiger partial charge in [0.15, 0.2) is 0 Å². The number of nitrogens with one attached hydrogen (secondary N) is 1. The van der Waals surface area contributed by atoms with Crippen molar-refractivity contribution in [2.24, 2.45) is 0 Å². The highest BCUT2D eigenvalue weighted by atomic mass is 19.3. The van der Waals surface area contributed by atoms with Gasteiger partial charge in [0, 0.05) is 13.0 Å². The number of carbonyl (C=O) groups excluding carboxylic acids is 1. The molecular formula is C19H21F2NO2. The van der Waals surface area contributed by atoms with Crippen molar-refractivity contribution in [1.82, 2.24) is 5.32 Å². The molecule has 128 valence electrons. The highest BCUT2D eigenvalue weighted by Crippen LogP contribution is 2.16. The Morgan fingerprint density at radius 2 is 1.83 bits per heavy atom. The van der Waals surface area contributed by atoms with Gasteiger partial charge in [-0.1, -0.05) is 35.9 Å². The summed E-state index contributed by atoms with van der Waals surface area (Å²) >= 11 is 0. The summed E-state index contributed by atoms with van der Waals surface area (Å²) in [6.07, 6.45) is 0.896. The largest absolute Gasteiger partial charge is 0.435 e. The summed E-state index contributed by atoms with van der Waals surface area (Å²) in [5, 5.41) is 2.90. The predicted octanol–water partition coefficient (Wildman–Crippen LogP) is 4.15. The molecule has 24 heavy (non-hydrogen) atoms. The van der Waals surface area contributed by atoms with Gasteiger partial charge in [0.2, 0.25) is 5.91 Å². The maximum Gasteiger partial charge on any atom is 0.387 e. The summed E-state index contributed by atoms with van der Waals surface area (Å²) in [4.78, 5) is 11.9. The Balaban J connectivity index is 1.78. The molecule has 0 fully saturated rings. The van der Waals surface area contributed by atoms with Crippen LogP contribution in [0.5, 0.6) is 5.75 Å². The van der Waals surface area contributed by atoms with E-state index in [2.05, 4.69) is 16.1 Å². The van der Waals surface area contributed by atoms with Crippen molar-refractivity contribution in [2.75, 3.05) is 0 Å². The average molecular weight is 333 g/mol. The summed E-state index contributed by atoms with van der Waals surface area (Å²) < 4.78 is 28.4. The van der Waals surface area contributed by atoms with Crippen molar-refractivity contribution >= 4 is 5.91 Å². The summed E-state index contributed by atoms with van der Waals surface area (Å²) in [5.74, 6) is 0.0796. The van der Waals surface area contributed by atoms with Crippen molar-refractivity contribution in [2.45, 2.75) is 39.8 Å². The number of benzene rings is 2. The molecule has 3 nitrogen and oxygen atoms in total. The molecule has 0 bridgehead atoms. The summed E-state index contributed by atoms with van der Waals surface area (Å²) in [7, 11) is 0. The lowest BCUT2D eigenvalue weighted by Gasteiger charge is -2.09. The van der Waals surface area contributed by atoms with Crippen molar-refractivity contribution < 1.29 is 18.3 Å². The number of hydrogen-bond acceptors (Lipinski definition) is 2. The molecule has 0 radical (unpaired) electrons. The van der Waals surface area contributed by atoms with Crippen LogP contribution in [0.2, 0.25) is 0 Å². The third-order valence-electron chi connectivity index (χ3n) is 3.76. The van der Waals surface area contributed by atoms with Gasteiger partial charge in [0.25, 0.3) is 0 Å². The molecule has 2 aromatic rings. The van der Waals surface area contributed by atoms with Crippen LogP contribution < -0.4 is 10.1 Å². The van der Waals surface area contributed by atoms with Gasteiger partial charge in [0.05, 0.1) is 0 Å². The van der Waals surface area contributed by atoms with Crippen molar-refractivity contribution in [3.05, 3.63) is 64.7 Å². The zero-order valence-electron chi connectivity index (χ0n) is 13.8. The molecule has 1 amide bonds. The van der Waals surface area contributed by atoms with E-state index in [0.717, 1.165) is 16.7 Å². The molecule has 0 heterocycles. The Morgan fingerprint density at radius 3 is 2.46 bits per heavy atom. The normalized spacial score (nSPS) is 10.7. The molecule has 0 saturated carbocycles. The number of amides is 1. The summed E-state index contributed by atoms with van der Waals surface area (Å²) in [5.41, 5.74) is 4.35. The lowest BCUT2D eigenvalue weighted by Crippen LogP contribution is -2.23. The van der Waals surface area contributed by atoms with Crippen molar-refractivity contribution in [3.8, 4) is 5.75 Å². The molecule has 0 aromatic heterocycles. The van der Waals surface area contributed by atoms with Crippen LogP contribution in [0, 0.1) is 13.8 Å². The van der Waals surface area contributed by atoms with E-state index in [0.29, 0.717) is 19.4 Å². The van der Waals surface area contributed by atoms with Crippen molar-refractivity contribution in [1.29, 1.82) is 0 Å². The van der Waals surface area contributed by atoms with Gasteiger partial charge in [-0.3, -0.25) is 4.79 Å². The molecule has 0 atom stereocenters. The summed E-state index contributed by atoms with van der Waals surface area (Å²) in [6.45, 7) is 1.74. The maximum atomic E-state index is 12.1. The Morgan fingerprint density at radius 1 is 1.12 bits per heavy atom. The highest BCUT2D eigenvalue weighted by Gasteiger charge is 2.06. The van der Waals surface area contributed by atoms with Gasteiger partial charge >= 0.3 is 6.61 Å². The number of rotatable bonds is 7. The zero-order valence-corrected chi connectivity index (χ0v) is 13.8. The third kappa shape index (κ3) is 5.65. The first-order chi connectivity index (χ1) is 11.4. The zero-order chi connectivity index (χ0) is 17.5. The number of alkyl halides is 2. The smallest absolute Gasteiger partial charge is 0.387 e. The van der Waals surface area contributed by atoms with E-state index in [-0.39, 0.29) is 11.7 Å². The van der Waals surface area contributed by atoms with Crippen molar-refractivity contribution in [3.63, 3.8) is 0 Å². The minimum absolute atomic E-state index is 0.0390. The Hall–Kier alpha value is -2.43. The number of halogens is 2. The molecule has 2 rings (SSSR count). The minimum atomic E-state index is -2.83. The van der Waals surface area contributed by atoms with Crippen LogP contribution in [0.25, 0.3) is 0 Å². The molecule has 0 aliphatic carbocycles. The molecule has 5 heteroatoms. The lowest BCUT2D eigenvalue weighted by molar-refractivity contribution is -0.121. The fraction of sp³-hybridized carbons (Fsp3) is 0.316. The lowest BCUT2D eigenvalue weighted by atomic mass is 10.1. The van der Waals surface area contributed by atoms with E-state index in [9.17, 15) is 13.6 Å². The predicted molar refractivity (Wildman–Crippen MR) is 89.2 cm³/mol. The van der Waals surface area contributed by atoms with E-state index in [1.54, 1.807) is 12.1 Å². The van der Waals surface area contributed by atoms with Crippen LogP contribution in [-0.2, 0) is 17.8 Å². The first kappa shape index (κ1) is 17.9. The van der Waals surface area contributed by atoms with Gasteiger partial charge < -0.3 is 10.1 Å². The molecule has 0 unspecified atom stereocenters. The highest BCUT2D eigenvalue weighted by molar-refractivity contribution is 5.76. The third-order valence-corrected chi connectivity index (χ3v) is 3.76. The van der Waals surface area contributed by atoms with Gasteiger partial charge in [-0.15, -0.1) is 0 Å². The SMILES string of the molecule is Cc1ccc(CNC(=O)CCc2ccc(OC(F)F)cc2)c(C)c1. The second-order valence-electron chi connectivity index (χ2n) is 5.73. The van der Waals surface area contributed by atoms with Crippen LogP contribution in [0.15, 0.2) is 42.5 Å². The van der Waals surface area contributed by atoms with E-state index in [1.807, 2.05) is 26.0 Å². The maximum absolute atomic E-state index is 12.1. The molecule has 0 aliphatic heterocycles. The van der Waals surface area contributed by atoms with Crippen LogP contribution in [0.3, 0.4) is 0 Å². The van der Waals surface area contributed by atoms with Crippen LogP contribution in [0.1, 0.15) is 28.7 Å². The van der Waals surface area contributed by atoms with Crippen LogP contribution in [0.4, 0.5) is 8.78 Å². The van der Waals surface area contributed by atoms with Crippen LogP contribution >= 0.6 is 0 Å². The van der Waals surface area contributed by atoms with Crippen LogP contribution in [-0.4, -0.2) is 12.5 Å². The quantitative estimate of drug-likeness (QED) is 0.826. The van der Waals surface area contributed by atoms with Gasteiger partial charge in [-0.05, 0) is 49.1 Å². The molecular weight excluding hydrogens is 312 g/mol. The fourth-order valence-corrected chi connectivity index (χ4v) is 2.42. The number of ether oxygens (including phenoxy) is 1. The monoisotopic (exact) mass is 333 g/mol. The first-order valence-corrected chi connectivity index (χ1v) is 7.80. The second-order valence-corrected chi connectivity index (χ2v) is 5.73.